The lowest BCUT2D eigenvalue weighted by atomic mass is 10.1. The largest absolute Gasteiger partial charge is 0.376 e. The zero-order chi connectivity index (χ0) is 12.2. The molecule has 0 saturated carbocycles. The zero-order valence-corrected chi connectivity index (χ0v) is 11.2. The van der Waals surface area contributed by atoms with Gasteiger partial charge in [-0.05, 0) is 18.4 Å². The zero-order valence-electron chi connectivity index (χ0n) is 10.3. The van der Waals surface area contributed by atoms with Gasteiger partial charge in [-0.25, -0.2) is 0 Å². The van der Waals surface area contributed by atoms with Crippen LogP contribution in [0.5, 0.6) is 0 Å². The molecule has 0 radical (unpaired) electrons. The minimum Gasteiger partial charge on any atom is -0.376 e. The molecule has 3 nitrogen and oxygen atoms in total. The van der Waals surface area contributed by atoms with Gasteiger partial charge in [0, 0.05) is 12.4 Å². The van der Waals surface area contributed by atoms with Crippen LogP contribution in [0.3, 0.4) is 0 Å². The second-order valence-corrected chi connectivity index (χ2v) is 5.71. The molecule has 2 unspecified atom stereocenters. The summed E-state index contributed by atoms with van der Waals surface area (Å²) in [5, 5.41) is 4.56. The topological polar surface area (TPSA) is 33.6 Å². The van der Waals surface area contributed by atoms with Gasteiger partial charge in [-0.2, -0.15) is 0 Å². The highest BCUT2D eigenvalue weighted by Gasteiger charge is 2.22. The maximum atomic E-state index is 5.58. The van der Waals surface area contributed by atoms with Crippen LogP contribution >= 0.6 is 11.8 Å². The number of hydrogen-bond donors (Lipinski definition) is 1. The van der Waals surface area contributed by atoms with Crippen molar-refractivity contribution in [1.29, 1.82) is 0 Å². The summed E-state index contributed by atoms with van der Waals surface area (Å²) >= 11 is 1.81. The molecule has 2 aliphatic heterocycles. The van der Waals surface area contributed by atoms with E-state index in [-0.39, 0.29) is 0 Å². The number of hydrogen-bond acceptors (Lipinski definition) is 3. The molecule has 96 valence electrons. The van der Waals surface area contributed by atoms with E-state index in [1.165, 1.54) is 12.0 Å². The molecule has 2 heterocycles. The molecule has 3 rings (SSSR count). The number of benzene rings is 1. The average molecular weight is 262 g/mol. The van der Waals surface area contributed by atoms with Crippen LogP contribution in [0.15, 0.2) is 35.3 Å². The molecule has 0 aliphatic carbocycles. The number of amidine groups is 1. The van der Waals surface area contributed by atoms with Gasteiger partial charge < -0.3 is 10.1 Å². The molecule has 2 atom stereocenters. The van der Waals surface area contributed by atoms with Crippen molar-refractivity contribution >= 4 is 16.9 Å². The van der Waals surface area contributed by atoms with Crippen molar-refractivity contribution in [2.24, 2.45) is 4.99 Å². The van der Waals surface area contributed by atoms with E-state index in [0.717, 1.165) is 30.5 Å². The fourth-order valence-corrected chi connectivity index (χ4v) is 3.32. The van der Waals surface area contributed by atoms with Crippen molar-refractivity contribution in [2.75, 3.05) is 18.9 Å². The van der Waals surface area contributed by atoms with E-state index in [2.05, 4.69) is 40.6 Å². The van der Waals surface area contributed by atoms with E-state index in [0.29, 0.717) is 12.1 Å². The summed E-state index contributed by atoms with van der Waals surface area (Å²) in [4.78, 5) is 4.62. The van der Waals surface area contributed by atoms with E-state index in [1.54, 1.807) is 0 Å². The van der Waals surface area contributed by atoms with Crippen LogP contribution in [0.4, 0.5) is 0 Å². The second kappa shape index (κ2) is 5.76. The Balaban J connectivity index is 1.56. The lowest BCUT2D eigenvalue weighted by Crippen LogP contribution is -2.20. The van der Waals surface area contributed by atoms with Crippen LogP contribution in [0, 0.1) is 0 Å². The first-order valence-electron chi connectivity index (χ1n) is 6.52. The van der Waals surface area contributed by atoms with Gasteiger partial charge in [-0.3, -0.25) is 4.99 Å². The van der Waals surface area contributed by atoms with Gasteiger partial charge in [-0.15, -0.1) is 0 Å². The molecular formula is C14H18N2OS. The molecule has 2 aliphatic rings. The summed E-state index contributed by atoms with van der Waals surface area (Å²) in [5.74, 6) is 1.06. The number of nitrogens with one attached hydrogen (secondary N) is 1. The lowest BCUT2D eigenvalue weighted by Gasteiger charge is -2.10. The Morgan fingerprint density at radius 3 is 3.00 bits per heavy atom. The number of rotatable bonds is 3. The first-order chi connectivity index (χ1) is 8.92. The third kappa shape index (κ3) is 2.87. The van der Waals surface area contributed by atoms with Crippen molar-refractivity contribution < 1.29 is 4.74 Å². The lowest BCUT2D eigenvalue weighted by molar-refractivity contribution is 0.118. The van der Waals surface area contributed by atoms with Crippen LogP contribution in [0.25, 0.3) is 0 Å². The molecule has 4 heteroatoms. The quantitative estimate of drug-likeness (QED) is 0.909. The molecule has 0 amide bonds. The molecule has 2 fully saturated rings. The van der Waals surface area contributed by atoms with Gasteiger partial charge in [0.15, 0.2) is 5.17 Å². The van der Waals surface area contributed by atoms with E-state index in [9.17, 15) is 0 Å². The highest BCUT2D eigenvalue weighted by atomic mass is 32.2. The molecule has 1 aromatic rings. The van der Waals surface area contributed by atoms with E-state index >= 15 is 0 Å². The molecule has 0 aromatic heterocycles. The van der Waals surface area contributed by atoms with Gasteiger partial charge in [-0.1, -0.05) is 42.1 Å². The summed E-state index contributed by atoms with van der Waals surface area (Å²) < 4.78 is 5.58. The van der Waals surface area contributed by atoms with Crippen molar-refractivity contribution in [3.8, 4) is 0 Å². The summed E-state index contributed by atoms with van der Waals surface area (Å²) in [5.41, 5.74) is 1.34. The Hall–Kier alpha value is -1.00. The first-order valence-corrected chi connectivity index (χ1v) is 7.51. The Morgan fingerprint density at radius 1 is 1.33 bits per heavy atom. The van der Waals surface area contributed by atoms with E-state index in [4.69, 9.17) is 4.74 Å². The smallest absolute Gasteiger partial charge is 0.157 e. The molecule has 0 bridgehead atoms. The predicted octanol–water partition coefficient (Wildman–Crippen LogP) is 2.60. The monoisotopic (exact) mass is 262 g/mol. The van der Waals surface area contributed by atoms with Gasteiger partial charge in [0.25, 0.3) is 0 Å². The van der Waals surface area contributed by atoms with Crippen LogP contribution in [0.1, 0.15) is 24.4 Å². The number of ether oxygens (including phenoxy) is 1. The minimum atomic E-state index is 0.343. The predicted molar refractivity (Wildman–Crippen MR) is 76.1 cm³/mol. The van der Waals surface area contributed by atoms with Gasteiger partial charge in [0.2, 0.25) is 0 Å². The molecule has 18 heavy (non-hydrogen) atoms. The van der Waals surface area contributed by atoms with Crippen LogP contribution in [-0.4, -0.2) is 30.2 Å². The number of nitrogens with zero attached hydrogens (tertiary/aromatic N) is 1. The standard InChI is InChI=1S/C14H18N2OS/c1-2-5-11(6-3-1)13-10-18-14(16-13)15-9-12-7-4-8-17-12/h1-3,5-6,12-13H,4,7-10H2,(H,15,16). The molecular weight excluding hydrogens is 244 g/mol. The Labute approximate surface area is 112 Å². The average Bonchev–Trinajstić information content (AvgIpc) is 3.09. The number of thioether (sulfide) groups is 1. The Kier molecular flexibility index (Phi) is 3.86. The van der Waals surface area contributed by atoms with Gasteiger partial charge in [0.1, 0.15) is 0 Å². The molecule has 1 aromatic carbocycles. The second-order valence-electron chi connectivity index (χ2n) is 4.70. The molecule has 2 saturated heterocycles. The van der Waals surface area contributed by atoms with Crippen LogP contribution in [-0.2, 0) is 4.74 Å². The fraction of sp³-hybridized carbons (Fsp3) is 0.500. The fourth-order valence-electron chi connectivity index (χ4n) is 2.32. The highest BCUT2D eigenvalue weighted by molar-refractivity contribution is 8.14. The van der Waals surface area contributed by atoms with Crippen molar-refractivity contribution in [3.63, 3.8) is 0 Å². The SMILES string of the molecule is c1ccc(C2CSC(=NCC3CCCO3)N2)cc1. The van der Waals surface area contributed by atoms with E-state index in [1.807, 2.05) is 11.8 Å². The van der Waals surface area contributed by atoms with E-state index < -0.39 is 0 Å². The van der Waals surface area contributed by atoms with Crippen molar-refractivity contribution in [2.45, 2.75) is 25.0 Å². The van der Waals surface area contributed by atoms with Crippen LogP contribution < -0.4 is 5.32 Å². The maximum Gasteiger partial charge on any atom is 0.157 e. The summed E-state index contributed by atoms with van der Waals surface area (Å²) in [6, 6.07) is 11.0. The van der Waals surface area contributed by atoms with Crippen molar-refractivity contribution in [3.05, 3.63) is 35.9 Å². The normalized spacial score (nSPS) is 29.7. The summed E-state index contributed by atoms with van der Waals surface area (Å²) in [6.07, 6.45) is 2.68. The third-order valence-corrected chi connectivity index (χ3v) is 4.37. The van der Waals surface area contributed by atoms with Crippen LogP contribution in [0.2, 0.25) is 0 Å². The van der Waals surface area contributed by atoms with Gasteiger partial charge in [0.05, 0.1) is 18.7 Å². The highest BCUT2D eigenvalue weighted by Crippen LogP contribution is 2.26. The molecule has 0 spiro atoms. The minimum absolute atomic E-state index is 0.343. The number of aliphatic imine (C=N–C) groups is 1. The summed E-state index contributed by atoms with van der Waals surface area (Å²) in [6.45, 7) is 1.71. The molecule has 1 N–H and O–H groups in total. The summed E-state index contributed by atoms with van der Waals surface area (Å²) in [7, 11) is 0. The Morgan fingerprint density at radius 2 is 2.22 bits per heavy atom. The van der Waals surface area contributed by atoms with Gasteiger partial charge >= 0.3 is 0 Å². The first kappa shape index (κ1) is 12.1. The van der Waals surface area contributed by atoms with Crippen molar-refractivity contribution in [1.82, 2.24) is 5.32 Å². The maximum absolute atomic E-state index is 5.58. The Bertz CT molecular complexity index is 415. The third-order valence-electron chi connectivity index (χ3n) is 3.35.